The van der Waals surface area contributed by atoms with E-state index in [1.165, 1.54) is 0 Å². The Hall–Kier alpha value is -1.46. The third-order valence-corrected chi connectivity index (χ3v) is 4.01. The highest BCUT2D eigenvalue weighted by Crippen LogP contribution is 2.37. The molecule has 1 aliphatic rings. The molecule has 0 aliphatic carbocycles. The minimum absolute atomic E-state index is 0.0537. The van der Waals surface area contributed by atoms with Crippen LogP contribution in [0.3, 0.4) is 0 Å². The van der Waals surface area contributed by atoms with E-state index in [0.29, 0.717) is 41.8 Å². The molecular formula is C16H23ClN2O3. The number of methoxy groups -OCH3 is 1. The van der Waals surface area contributed by atoms with E-state index in [1.807, 2.05) is 0 Å². The summed E-state index contributed by atoms with van der Waals surface area (Å²) in [4.78, 5) is 14.2. The average molecular weight is 327 g/mol. The van der Waals surface area contributed by atoms with Gasteiger partial charge in [0.25, 0.3) is 5.91 Å². The zero-order valence-electron chi connectivity index (χ0n) is 13.1. The van der Waals surface area contributed by atoms with Crippen molar-refractivity contribution >= 4 is 17.5 Å². The molecule has 1 atom stereocenters. The monoisotopic (exact) mass is 326 g/mol. The molecule has 0 bridgehead atoms. The number of ether oxygens (including phenoxy) is 2. The van der Waals surface area contributed by atoms with Crippen LogP contribution in [0.1, 0.15) is 36.5 Å². The van der Waals surface area contributed by atoms with Crippen LogP contribution in [-0.2, 0) is 0 Å². The number of carbonyl (C=O) groups excluding carboxylic acids is 1. The molecule has 0 unspecified atom stereocenters. The molecule has 6 heteroatoms. The summed E-state index contributed by atoms with van der Waals surface area (Å²) in [7, 11) is 1.54. The number of amides is 1. The standard InChI is InChI=1S/C16H23ClN2O3/c1-3-4-7-22-15-13(17)8-11(9-14(15)21-2)16(20)19-6-5-12(18)10-19/h8-9,12H,3-7,10,18H2,1-2H3/t12-/m0/s1. The molecule has 1 fully saturated rings. The van der Waals surface area contributed by atoms with Crippen molar-refractivity contribution in [2.75, 3.05) is 26.8 Å². The molecule has 122 valence electrons. The number of likely N-dealkylation sites (tertiary alicyclic amines) is 1. The molecule has 2 rings (SSSR count). The lowest BCUT2D eigenvalue weighted by Crippen LogP contribution is -2.31. The Morgan fingerprint density at radius 2 is 2.27 bits per heavy atom. The van der Waals surface area contributed by atoms with Gasteiger partial charge in [-0.3, -0.25) is 4.79 Å². The lowest BCUT2D eigenvalue weighted by atomic mass is 10.1. The number of hydrogen-bond donors (Lipinski definition) is 1. The van der Waals surface area contributed by atoms with Crippen LogP contribution in [0.4, 0.5) is 0 Å². The summed E-state index contributed by atoms with van der Waals surface area (Å²) in [5.41, 5.74) is 6.35. The molecule has 1 aromatic rings. The Bertz CT molecular complexity index is 536. The summed E-state index contributed by atoms with van der Waals surface area (Å²) >= 11 is 6.27. The highest BCUT2D eigenvalue weighted by molar-refractivity contribution is 6.32. The molecule has 22 heavy (non-hydrogen) atoms. The van der Waals surface area contributed by atoms with Gasteiger partial charge < -0.3 is 20.1 Å². The molecule has 5 nitrogen and oxygen atoms in total. The van der Waals surface area contributed by atoms with Crippen molar-refractivity contribution in [1.29, 1.82) is 0 Å². The van der Waals surface area contributed by atoms with Gasteiger partial charge in [0.2, 0.25) is 0 Å². The second-order valence-electron chi connectivity index (χ2n) is 5.49. The van der Waals surface area contributed by atoms with E-state index in [9.17, 15) is 4.79 Å². The van der Waals surface area contributed by atoms with Crippen LogP contribution < -0.4 is 15.2 Å². The molecule has 0 spiro atoms. The highest BCUT2D eigenvalue weighted by atomic mass is 35.5. The molecule has 0 saturated carbocycles. The molecule has 1 saturated heterocycles. The summed E-state index contributed by atoms with van der Waals surface area (Å²) < 4.78 is 11.0. The molecule has 0 radical (unpaired) electrons. The predicted octanol–water partition coefficient (Wildman–Crippen LogP) is 2.70. The third-order valence-electron chi connectivity index (χ3n) is 3.73. The third kappa shape index (κ3) is 3.84. The van der Waals surface area contributed by atoms with Gasteiger partial charge in [0.15, 0.2) is 11.5 Å². The van der Waals surface area contributed by atoms with Crippen molar-refractivity contribution < 1.29 is 14.3 Å². The van der Waals surface area contributed by atoms with Gasteiger partial charge in [0.1, 0.15) is 0 Å². The topological polar surface area (TPSA) is 64.8 Å². The van der Waals surface area contributed by atoms with E-state index in [4.69, 9.17) is 26.8 Å². The maximum absolute atomic E-state index is 12.5. The van der Waals surface area contributed by atoms with Crippen LogP contribution >= 0.6 is 11.6 Å². The Morgan fingerprint density at radius 3 is 2.86 bits per heavy atom. The van der Waals surface area contributed by atoms with Gasteiger partial charge in [-0.05, 0) is 25.0 Å². The highest BCUT2D eigenvalue weighted by Gasteiger charge is 2.26. The molecule has 0 aromatic heterocycles. The van der Waals surface area contributed by atoms with E-state index in [0.717, 1.165) is 19.3 Å². The van der Waals surface area contributed by atoms with Crippen LogP contribution in [0, 0.1) is 0 Å². The first-order valence-electron chi connectivity index (χ1n) is 7.62. The average Bonchev–Trinajstić information content (AvgIpc) is 2.94. The van der Waals surface area contributed by atoms with Crippen molar-refractivity contribution in [2.24, 2.45) is 5.73 Å². The lowest BCUT2D eigenvalue weighted by Gasteiger charge is -2.18. The summed E-state index contributed by atoms with van der Waals surface area (Å²) in [6, 6.07) is 3.37. The van der Waals surface area contributed by atoms with E-state index >= 15 is 0 Å². The van der Waals surface area contributed by atoms with Crippen LogP contribution in [0.5, 0.6) is 11.5 Å². The Morgan fingerprint density at radius 1 is 1.50 bits per heavy atom. The molecule has 1 amide bonds. The Labute approximate surface area is 136 Å². The predicted molar refractivity (Wildman–Crippen MR) is 86.9 cm³/mol. The zero-order valence-corrected chi connectivity index (χ0v) is 13.9. The minimum Gasteiger partial charge on any atom is -0.493 e. The van der Waals surface area contributed by atoms with Gasteiger partial charge >= 0.3 is 0 Å². The van der Waals surface area contributed by atoms with Gasteiger partial charge in [-0.15, -0.1) is 0 Å². The fourth-order valence-electron chi connectivity index (χ4n) is 2.46. The number of halogens is 1. The first-order valence-corrected chi connectivity index (χ1v) is 7.99. The smallest absolute Gasteiger partial charge is 0.254 e. The molecular weight excluding hydrogens is 304 g/mol. The van der Waals surface area contributed by atoms with Gasteiger partial charge in [-0.1, -0.05) is 24.9 Å². The zero-order chi connectivity index (χ0) is 16.1. The van der Waals surface area contributed by atoms with Crippen molar-refractivity contribution in [3.8, 4) is 11.5 Å². The molecule has 1 aliphatic heterocycles. The SMILES string of the molecule is CCCCOc1c(Cl)cc(C(=O)N2CC[C@H](N)C2)cc1OC. The second-order valence-corrected chi connectivity index (χ2v) is 5.90. The van der Waals surface area contributed by atoms with Crippen molar-refractivity contribution in [3.05, 3.63) is 22.7 Å². The summed E-state index contributed by atoms with van der Waals surface area (Å²) in [6.07, 6.45) is 2.80. The minimum atomic E-state index is -0.0757. The van der Waals surface area contributed by atoms with Gasteiger partial charge in [0, 0.05) is 24.7 Å². The Balaban J connectivity index is 2.19. The van der Waals surface area contributed by atoms with Crippen molar-refractivity contribution in [2.45, 2.75) is 32.2 Å². The number of nitrogens with zero attached hydrogens (tertiary/aromatic N) is 1. The van der Waals surface area contributed by atoms with Gasteiger partial charge in [0.05, 0.1) is 18.7 Å². The number of rotatable bonds is 6. The van der Waals surface area contributed by atoms with E-state index in [-0.39, 0.29) is 11.9 Å². The fourth-order valence-corrected chi connectivity index (χ4v) is 2.72. The van der Waals surface area contributed by atoms with E-state index in [2.05, 4.69) is 6.92 Å². The van der Waals surface area contributed by atoms with E-state index < -0.39 is 0 Å². The van der Waals surface area contributed by atoms with Crippen LogP contribution in [0.15, 0.2) is 12.1 Å². The van der Waals surface area contributed by atoms with Crippen LogP contribution in [-0.4, -0.2) is 43.7 Å². The maximum atomic E-state index is 12.5. The number of hydrogen-bond acceptors (Lipinski definition) is 4. The van der Waals surface area contributed by atoms with Crippen LogP contribution in [0.2, 0.25) is 5.02 Å². The number of nitrogens with two attached hydrogens (primary N) is 1. The number of benzene rings is 1. The molecule has 2 N–H and O–H groups in total. The quantitative estimate of drug-likeness (QED) is 0.816. The number of carbonyl (C=O) groups is 1. The summed E-state index contributed by atoms with van der Waals surface area (Å²) in [5, 5.41) is 0.391. The molecule has 1 heterocycles. The summed E-state index contributed by atoms with van der Waals surface area (Å²) in [5.74, 6) is 0.899. The fraction of sp³-hybridized carbons (Fsp3) is 0.562. The van der Waals surface area contributed by atoms with E-state index in [1.54, 1.807) is 24.1 Å². The summed E-state index contributed by atoms with van der Waals surface area (Å²) in [6.45, 7) is 3.91. The lowest BCUT2D eigenvalue weighted by molar-refractivity contribution is 0.0790. The number of unbranched alkanes of at least 4 members (excludes halogenated alkanes) is 1. The van der Waals surface area contributed by atoms with Crippen molar-refractivity contribution in [3.63, 3.8) is 0 Å². The van der Waals surface area contributed by atoms with Gasteiger partial charge in [-0.2, -0.15) is 0 Å². The first-order chi connectivity index (χ1) is 10.6. The van der Waals surface area contributed by atoms with Gasteiger partial charge in [-0.25, -0.2) is 0 Å². The van der Waals surface area contributed by atoms with Crippen molar-refractivity contribution in [1.82, 2.24) is 4.90 Å². The Kier molecular flexibility index (Phi) is 5.91. The second kappa shape index (κ2) is 7.70. The van der Waals surface area contributed by atoms with Crippen LogP contribution in [0.25, 0.3) is 0 Å². The maximum Gasteiger partial charge on any atom is 0.254 e. The first kappa shape index (κ1) is 16.9. The normalized spacial score (nSPS) is 17.6. The molecule has 1 aromatic carbocycles. The largest absolute Gasteiger partial charge is 0.493 e.